The largest absolute Gasteiger partial charge is 0.444 e. The molecule has 0 spiro atoms. The minimum Gasteiger partial charge on any atom is -0.444 e. The predicted octanol–water partition coefficient (Wildman–Crippen LogP) is 3.30. The zero-order valence-electron chi connectivity index (χ0n) is 11.5. The Morgan fingerprint density at radius 2 is 1.95 bits per heavy atom. The number of anilines is 1. The van der Waals surface area contributed by atoms with Crippen molar-refractivity contribution in [3.63, 3.8) is 0 Å². The first kappa shape index (κ1) is 15.1. The van der Waals surface area contributed by atoms with Crippen LogP contribution in [0.15, 0.2) is 18.2 Å². The summed E-state index contributed by atoms with van der Waals surface area (Å²) in [6.07, 6.45) is -0.533. The fourth-order valence-electron chi connectivity index (χ4n) is 1.48. The van der Waals surface area contributed by atoms with Crippen LogP contribution in [-0.2, 0) is 16.0 Å². The second-order valence-corrected chi connectivity index (χ2v) is 5.32. The van der Waals surface area contributed by atoms with Gasteiger partial charge in [-0.25, -0.2) is 9.18 Å². The quantitative estimate of drug-likeness (QED) is 0.914. The number of rotatable bonds is 3. The van der Waals surface area contributed by atoms with Gasteiger partial charge in [0.1, 0.15) is 17.2 Å². The van der Waals surface area contributed by atoms with E-state index in [-0.39, 0.29) is 17.9 Å². The number of ether oxygens (including phenoxy) is 1. The van der Waals surface area contributed by atoms with Gasteiger partial charge in [0.15, 0.2) is 0 Å². The smallest absolute Gasteiger partial charge is 0.412 e. The minimum absolute atomic E-state index is 0.00741. The molecule has 1 aromatic rings. The van der Waals surface area contributed by atoms with Gasteiger partial charge in [-0.15, -0.1) is 0 Å². The maximum atomic E-state index is 13.5. The standard InChI is InChI=1S/C14H18FNO3/c1-9(17)7-10-5-6-11(15)12(8-10)16-13(18)19-14(2,3)4/h5-6,8H,7H2,1-4H3,(H,16,18). The van der Waals surface area contributed by atoms with Crippen molar-refractivity contribution >= 4 is 17.6 Å². The summed E-state index contributed by atoms with van der Waals surface area (Å²) in [5.74, 6) is -0.604. The Hall–Kier alpha value is -1.91. The van der Waals surface area contributed by atoms with E-state index in [2.05, 4.69) is 5.32 Å². The lowest BCUT2D eigenvalue weighted by molar-refractivity contribution is -0.116. The monoisotopic (exact) mass is 267 g/mol. The summed E-state index contributed by atoms with van der Waals surface area (Å²) in [6.45, 7) is 6.60. The average molecular weight is 267 g/mol. The van der Waals surface area contributed by atoms with Crippen LogP contribution in [0.3, 0.4) is 0 Å². The summed E-state index contributed by atoms with van der Waals surface area (Å²) in [7, 11) is 0. The average Bonchev–Trinajstić information content (AvgIpc) is 2.19. The molecule has 0 aromatic heterocycles. The molecule has 0 aliphatic rings. The second kappa shape index (κ2) is 5.82. The molecule has 0 fully saturated rings. The Labute approximate surface area is 112 Å². The molecular formula is C14H18FNO3. The van der Waals surface area contributed by atoms with Crippen LogP contribution in [0.5, 0.6) is 0 Å². The Balaban J connectivity index is 2.82. The summed E-state index contributed by atoms with van der Waals surface area (Å²) in [4.78, 5) is 22.6. The van der Waals surface area contributed by atoms with Gasteiger partial charge in [-0.2, -0.15) is 0 Å². The summed E-state index contributed by atoms with van der Waals surface area (Å²) in [5.41, 5.74) is -0.00895. The molecule has 1 rings (SSSR count). The zero-order chi connectivity index (χ0) is 14.6. The van der Waals surface area contributed by atoms with Crippen molar-refractivity contribution in [2.45, 2.75) is 39.7 Å². The highest BCUT2D eigenvalue weighted by Crippen LogP contribution is 2.18. The summed E-state index contributed by atoms with van der Waals surface area (Å²) < 4.78 is 18.6. The Morgan fingerprint density at radius 1 is 1.32 bits per heavy atom. The molecule has 4 nitrogen and oxygen atoms in total. The molecular weight excluding hydrogens is 249 g/mol. The molecule has 0 unspecified atom stereocenters. The van der Waals surface area contributed by atoms with Gasteiger partial charge in [0.25, 0.3) is 0 Å². The third-order valence-electron chi connectivity index (χ3n) is 2.12. The van der Waals surface area contributed by atoms with Gasteiger partial charge in [-0.05, 0) is 45.4 Å². The van der Waals surface area contributed by atoms with Gasteiger partial charge in [0, 0.05) is 6.42 Å². The molecule has 1 N–H and O–H groups in total. The third kappa shape index (κ3) is 5.50. The number of hydrogen-bond acceptors (Lipinski definition) is 3. The van der Waals surface area contributed by atoms with Crippen LogP contribution in [0, 0.1) is 5.82 Å². The molecule has 104 valence electrons. The van der Waals surface area contributed by atoms with Crippen LogP contribution in [0.2, 0.25) is 0 Å². The first-order valence-electron chi connectivity index (χ1n) is 5.95. The number of carbonyl (C=O) groups excluding carboxylic acids is 2. The van der Waals surface area contributed by atoms with E-state index in [1.54, 1.807) is 20.8 Å². The molecule has 1 amide bonds. The van der Waals surface area contributed by atoms with Gasteiger partial charge in [-0.1, -0.05) is 6.07 Å². The molecule has 19 heavy (non-hydrogen) atoms. The van der Waals surface area contributed by atoms with E-state index in [0.29, 0.717) is 5.56 Å². The number of carbonyl (C=O) groups is 2. The van der Waals surface area contributed by atoms with Gasteiger partial charge in [-0.3, -0.25) is 10.1 Å². The van der Waals surface area contributed by atoms with Gasteiger partial charge >= 0.3 is 6.09 Å². The summed E-state index contributed by atoms with van der Waals surface area (Å²) in [5, 5.41) is 2.33. The molecule has 0 saturated heterocycles. The van der Waals surface area contributed by atoms with E-state index in [1.165, 1.54) is 25.1 Å². The van der Waals surface area contributed by atoms with Gasteiger partial charge < -0.3 is 4.74 Å². The number of benzene rings is 1. The molecule has 0 heterocycles. The lowest BCUT2D eigenvalue weighted by atomic mass is 10.1. The van der Waals surface area contributed by atoms with Gasteiger partial charge in [0.2, 0.25) is 0 Å². The Morgan fingerprint density at radius 3 is 2.47 bits per heavy atom. The molecule has 0 aliphatic heterocycles. The first-order chi connectivity index (χ1) is 8.67. The molecule has 1 aromatic carbocycles. The number of halogens is 1. The topological polar surface area (TPSA) is 55.4 Å². The highest BCUT2D eigenvalue weighted by molar-refractivity contribution is 5.85. The SMILES string of the molecule is CC(=O)Cc1ccc(F)c(NC(=O)OC(C)(C)C)c1. The Kier molecular flexibility index (Phi) is 4.64. The number of Topliss-reactive ketones (excluding diaryl/α,β-unsaturated/α-hetero) is 1. The fourth-order valence-corrected chi connectivity index (χ4v) is 1.48. The summed E-state index contributed by atoms with van der Waals surface area (Å²) >= 11 is 0. The number of ketones is 1. The van der Waals surface area contributed by atoms with Crippen molar-refractivity contribution < 1.29 is 18.7 Å². The zero-order valence-corrected chi connectivity index (χ0v) is 11.5. The van der Waals surface area contributed by atoms with Crippen molar-refractivity contribution in [1.82, 2.24) is 0 Å². The lowest BCUT2D eigenvalue weighted by Crippen LogP contribution is -2.27. The van der Waals surface area contributed by atoms with Crippen molar-refractivity contribution in [3.8, 4) is 0 Å². The highest BCUT2D eigenvalue weighted by atomic mass is 19.1. The minimum atomic E-state index is -0.730. The van der Waals surface area contributed by atoms with Gasteiger partial charge in [0.05, 0.1) is 5.69 Å². The normalized spacial score (nSPS) is 11.0. The van der Waals surface area contributed by atoms with Crippen LogP contribution in [0.4, 0.5) is 14.9 Å². The molecule has 0 saturated carbocycles. The number of nitrogens with one attached hydrogen (secondary N) is 1. The van der Waals surface area contributed by atoms with Crippen LogP contribution >= 0.6 is 0 Å². The predicted molar refractivity (Wildman–Crippen MR) is 70.6 cm³/mol. The van der Waals surface area contributed by atoms with E-state index in [9.17, 15) is 14.0 Å². The summed E-state index contributed by atoms with van der Waals surface area (Å²) in [6, 6.07) is 4.16. The van der Waals surface area contributed by atoms with E-state index in [1.807, 2.05) is 0 Å². The third-order valence-corrected chi connectivity index (χ3v) is 2.12. The van der Waals surface area contributed by atoms with E-state index in [0.717, 1.165) is 0 Å². The molecule has 0 atom stereocenters. The van der Waals surface area contributed by atoms with E-state index < -0.39 is 17.5 Å². The van der Waals surface area contributed by atoms with Crippen molar-refractivity contribution in [2.24, 2.45) is 0 Å². The molecule has 5 heteroatoms. The number of hydrogen-bond donors (Lipinski definition) is 1. The van der Waals surface area contributed by atoms with E-state index >= 15 is 0 Å². The molecule has 0 aliphatic carbocycles. The number of amides is 1. The van der Waals surface area contributed by atoms with Crippen LogP contribution in [0.1, 0.15) is 33.3 Å². The van der Waals surface area contributed by atoms with Crippen molar-refractivity contribution in [2.75, 3.05) is 5.32 Å². The maximum absolute atomic E-state index is 13.5. The van der Waals surface area contributed by atoms with Crippen molar-refractivity contribution in [1.29, 1.82) is 0 Å². The lowest BCUT2D eigenvalue weighted by Gasteiger charge is -2.20. The molecule has 0 radical (unpaired) electrons. The van der Waals surface area contributed by atoms with Crippen LogP contribution in [0.25, 0.3) is 0 Å². The first-order valence-corrected chi connectivity index (χ1v) is 5.95. The Bertz CT molecular complexity index is 492. The van der Waals surface area contributed by atoms with E-state index in [4.69, 9.17) is 4.74 Å². The van der Waals surface area contributed by atoms with Crippen LogP contribution in [-0.4, -0.2) is 17.5 Å². The van der Waals surface area contributed by atoms with Crippen LogP contribution < -0.4 is 5.32 Å². The maximum Gasteiger partial charge on any atom is 0.412 e. The molecule has 0 bridgehead atoms. The highest BCUT2D eigenvalue weighted by Gasteiger charge is 2.17. The fraction of sp³-hybridized carbons (Fsp3) is 0.429. The second-order valence-electron chi connectivity index (χ2n) is 5.32. The van der Waals surface area contributed by atoms with Crippen molar-refractivity contribution in [3.05, 3.63) is 29.6 Å².